The molecular weight excluding hydrogens is 333 g/mol. The van der Waals surface area contributed by atoms with Crippen LogP contribution in [0, 0.1) is 5.82 Å². The average molecular weight is 357 g/mol. The summed E-state index contributed by atoms with van der Waals surface area (Å²) in [6, 6.07) is 12.1. The third-order valence-electron chi connectivity index (χ3n) is 4.71. The van der Waals surface area contributed by atoms with E-state index in [2.05, 4.69) is 17.4 Å². The first-order valence-electron chi connectivity index (χ1n) is 8.97. The maximum Gasteiger partial charge on any atom is 0.220 e. The van der Waals surface area contributed by atoms with E-state index in [-0.39, 0.29) is 17.6 Å². The maximum atomic E-state index is 13.1. The Bertz CT molecular complexity index is 763. The summed E-state index contributed by atoms with van der Waals surface area (Å²) in [4.78, 5) is 12.3. The van der Waals surface area contributed by atoms with Gasteiger partial charge in [0, 0.05) is 12.5 Å². The first kappa shape index (κ1) is 18.2. The van der Waals surface area contributed by atoms with Crippen molar-refractivity contribution in [2.24, 2.45) is 0 Å². The monoisotopic (exact) mass is 357 g/mol. The van der Waals surface area contributed by atoms with Gasteiger partial charge < -0.3 is 14.8 Å². The molecule has 0 spiro atoms. The Morgan fingerprint density at radius 2 is 2.12 bits per heavy atom. The van der Waals surface area contributed by atoms with Crippen LogP contribution in [0.5, 0.6) is 11.5 Å². The summed E-state index contributed by atoms with van der Waals surface area (Å²) < 4.78 is 23.8. The lowest BCUT2D eigenvalue weighted by Crippen LogP contribution is -2.29. The summed E-state index contributed by atoms with van der Waals surface area (Å²) in [5, 5.41) is 2.89. The number of hydrogen-bond donors (Lipinski definition) is 1. The summed E-state index contributed by atoms with van der Waals surface area (Å²) >= 11 is 0. The number of benzene rings is 2. The molecule has 1 aliphatic rings. The highest BCUT2D eigenvalue weighted by Gasteiger charge is 2.22. The fourth-order valence-electron chi connectivity index (χ4n) is 3.44. The zero-order valence-corrected chi connectivity index (χ0v) is 15.0. The van der Waals surface area contributed by atoms with Gasteiger partial charge in [-0.25, -0.2) is 4.39 Å². The van der Waals surface area contributed by atoms with Gasteiger partial charge in [0.1, 0.15) is 23.9 Å². The van der Waals surface area contributed by atoms with Gasteiger partial charge in [0.05, 0.1) is 13.7 Å². The Morgan fingerprint density at radius 1 is 1.23 bits per heavy atom. The van der Waals surface area contributed by atoms with Crippen molar-refractivity contribution in [1.82, 2.24) is 5.32 Å². The SMILES string of the molecule is COc1ccc2c(c1)CCCC2CC(=O)NCCOc1cccc(F)c1. The number of amides is 1. The van der Waals surface area contributed by atoms with Crippen molar-refractivity contribution in [3.05, 3.63) is 59.4 Å². The van der Waals surface area contributed by atoms with Crippen LogP contribution >= 0.6 is 0 Å². The minimum absolute atomic E-state index is 0.0153. The highest BCUT2D eigenvalue weighted by Crippen LogP contribution is 2.35. The number of aryl methyl sites for hydroxylation is 1. The van der Waals surface area contributed by atoms with Crippen LogP contribution in [0.15, 0.2) is 42.5 Å². The Morgan fingerprint density at radius 3 is 2.92 bits per heavy atom. The van der Waals surface area contributed by atoms with Crippen LogP contribution in [0.4, 0.5) is 4.39 Å². The molecule has 4 nitrogen and oxygen atoms in total. The second kappa shape index (κ2) is 8.70. The molecule has 138 valence electrons. The molecule has 0 heterocycles. The zero-order valence-electron chi connectivity index (χ0n) is 15.0. The highest BCUT2D eigenvalue weighted by atomic mass is 19.1. The minimum Gasteiger partial charge on any atom is -0.497 e. The van der Waals surface area contributed by atoms with Crippen LogP contribution in [0.2, 0.25) is 0 Å². The highest BCUT2D eigenvalue weighted by molar-refractivity contribution is 5.77. The third-order valence-corrected chi connectivity index (χ3v) is 4.71. The van der Waals surface area contributed by atoms with Gasteiger partial charge in [0.15, 0.2) is 0 Å². The van der Waals surface area contributed by atoms with E-state index in [1.807, 2.05) is 6.07 Å². The predicted molar refractivity (Wildman–Crippen MR) is 98.2 cm³/mol. The molecular formula is C21H24FNO3. The van der Waals surface area contributed by atoms with Crippen molar-refractivity contribution in [2.45, 2.75) is 31.6 Å². The molecule has 1 atom stereocenters. The van der Waals surface area contributed by atoms with Crippen molar-refractivity contribution < 1.29 is 18.7 Å². The third kappa shape index (κ3) is 4.75. The van der Waals surface area contributed by atoms with Crippen LogP contribution in [-0.2, 0) is 11.2 Å². The Balaban J connectivity index is 1.47. The van der Waals surface area contributed by atoms with Gasteiger partial charge in [0.25, 0.3) is 0 Å². The van der Waals surface area contributed by atoms with Crippen LogP contribution in [0.25, 0.3) is 0 Å². The molecule has 0 saturated carbocycles. The molecule has 0 radical (unpaired) electrons. The Hall–Kier alpha value is -2.56. The van der Waals surface area contributed by atoms with Crippen LogP contribution in [0.3, 0.4) is 0 Å². The number of carbonyl (C=O) groups excluding carboxylic acids is 1. The molecule has 2 aromatic carbocycles. The van der Waals surface area contributed by atoms with Crippen molar-refractivity contribution in [3.8, 4) is 11.5 Å². The topological polar surface area (TPSA) is 47.6 Å². The quantitative estimate of drug-likeness (QED) is 0.766. The van der Waals surface area contributed by atoms with E-state index in [4.69, 9.17) is 9.47 Å². The Labute approximate surface area is 153 Å². The molecule has 0 aliphatic heterocycles. The summed E-state index contributed by atoms with van der Waals surface area (Å²) in [6.07, 6.45) is 3.61. The zero-order chi connectivity index (χ0) is 18.4. The van der Waals surface area contributed by atoms with E-state index >= 15 is 0 Å². The second-order valence-electron chi connectivity index (χ2n) is 6.51. The van der Waals surface area contributed by atoms with Crippen LogP contribution < -0.4 is 14.8 Å². The van der Waals surface area contributed by atoms with Gasteiger partial charge in [0.2, 0.25) is 5.91 Å². The van der Waals surface area contributed by atoms with E-state index in [9.17, 15) is 9.18 Å². The number of ether oxygens (including phenoxy) is 2. The number of halogens is 1. The van der Waals surface area contributed by atoms with Crippen LogP contribution in [-0.4, -0.2) is 26.2 Å². The summed E-state index contributed by atoms with van der Waals surface area (Å²) in [5.41, 5.74) is 2.53. The van der Waals surface area contributed by atoms with Crippen molar-refractivity contribution >= 4 is 5.91 Å². The van der Waals surface area contributed by atoms with Gasteiger partial charge in [-0.3, -0.25) is 4.79 Å². The normalized spacial score (nSPS) is 15.8. The molecule has 1 N–H and O–H groups in total. The van der Waals surface area contributed by atoms with Crippen molar-refractivity contribution in [3.63, 3.8) is 0 Å². The van der Waals surface area contributed by atoms with Gasteiger partial charge in [-0.15, -0.1) is 0 Å². The van der Waals surface area contributed by atoms with Crippen molar-refractivity contribution in [2.75, 3.05) is 20.3 Å². The van der Waals surface area contributed by atoms with Gasteiger partial charge in [-0.1, -0.05) is 12.1 Å². The Kier molecular flexibility index (Phi) is 6.10. The number of hydrogen-bond acceptors (Lipinski definition) is 3. The lowest BCUT2D eigenvalue weighted by atomic mass is 9.81. The fourth-order valence-corrected chi connectivity index (χ4v) is 3.44. The van der Waals surface area contributed by atoms with Crippen molar-refractivity contribution in [1.29, 1.82) is 0 Å². The molecule has 0 aromatic heterocycles. The maximum absolute atomic E-state index is 13.1. The first-order valence-corrected chi connectivity index (χ1v) is 8.97. The lowest BCUT2D eigenvalue weighted by Gasteiger charge is -2.25. The summed E-state index contributed by atoms with van der Waals surface area (Å²) in [7, 11) is 1.67. The lowest BCUT2D eigenvalue weighted by molar-refractivity contribution is -0.121. The number of nitrogens with one attached hydrogen (secondary N) is 1. The standard InChI is InChI=1S/C21H24FNO3/c1-25-18-8-9-20-15(12-18)4-2-5-16(20)13-21(24)23-10-11-26-19-7-3-6-17(22)14-19/h3,6-9,12,14,16H,2,4-5,10-11,13H2,1H3,(H,23,24). The number of methoxy groups -OCH3 is 1. The van der Waals surface area contributed by atoms with E-state index in [1.165, 1.54) is 23.3 Å². The second-order valence-corrected chi connectivity index (χ2v) is 6.51. The van der Waals surface area contributed by atoms with E-state index in [1.54, 1.807) is 19.2 Å². The smallest absolute Gasteiger partial charge is 0.220 e. The number of fused-ring (bicyclic) bond motifs is 1. The molecule has 5 heteroatoms. The predicted octanol–water partition coefficient (Wildman–Crippen LogP) is 3.84. The molecule has 26 heavy (non-hydrogen) atoms. The van der Waals surface area contributed by atoms with E-state index in [0.29, 0.717) is 25.3 Å². The molecule has 0 bridgehead atoms. The van der Waals surface area contributed by atoms with Gasteiger partial charge in [-0.05, 0) is 60.6 Å². The number of carbonyl (C=O) groups is 1. The van der Waals surface area contributed by atoms with Crippen LogP contribution in [0.1, 0.15) is 36.3 Å². The molecule has 3 rings (SSSR count). The molecule has 1 aliphatic carbocycles. The molecule has 0 saturated heterocycles. The molecule has 2 aromatic rings. The number of rotatable bonds is 7. The van der Waals surface area contributed by atoms with Gasteiger partial charge in [-0.2, -0.15) is 0 Å². The molecule has 1 amide bonds. The minimum atomic E-state index is -0.334. The van der Waals surface area contributed by atoms with Gasteiger partial charge >= 0.3 is 0 Å². The van der Waals surface area contributed by atoms with E-state index < -0.39 is 0 Å². The fraction of sp³-hybridized carbons (Fsp3) is 0.381. The van der Waals surface area contributed by atoms with E-state index in [0.717, 1.165) is 25.0 Å². The largest absolute Gasteiger partial charge is 0.497 e. The average Bonchev–Trinajstić information content (AvgIpc) is 2.65. The molecule has 1 unspecified atom stereocenters. The summed E-state index contributed by atoms with van der Waals surface area (Å²) in [5.74, 6) is 1.26. The summed E-state index contributed by atoms with van der Waals surface area (Å²) in [6.45, 7) is 0.713. The first-order chi connectivity index (χ1) is 12.7. The molecule has 0 fully saturated rings.